The molecule has 0 amide bonds. The molecule has 0 N–H and O–H groups in total. The summed E-state index contributed by atoms with van der Waals surface area (Å²) in [6, 6.07) is 3.18. The van der Waals surface area contributed by atoms with Crippen LogP contribution in [0.1, 0.15) is 46.0 Å². The molecule has 0 atom stereocenters. The Kier molecular flexibility index (Phi) is 4.67. The fourth-order valence-electron chi connectivity index (χ4n) is 2.08. The maximum Gasteiger partial charge on any atom is 0.0648 e. The Morgan fingerprint density at radius 2 is 2.00 bits per heavy atom. The lowest BCUT2D eigenvalue weighted by atomic mass is 10.2. The molecule has 70 valence electrons. The normalized spacial score (nSPS) is 20.3. The van der Waals surface area contributed by atoms with Crippen LogP contribution in [-0.4, -0.2) is 8.80 Å². The summed E-state index contributed by atoms with van der Waals surface area (Å²) in [6.45, 7) is 4.66. The van der Waals surface area contributed by atoms with Gasteiger partial charge in [0, 0.05) is 0 Å². The van der Waals surface area contributed by atoms with Gasteiger partial charge in [0.2, 0.25) is 0 Å². The zero-order valence-electron chi connectivity index (χ0n) is 8.60. The highest BCUT2D eigenvalue weighted by atomic mass is 28.3. The van der Waals surface area contributed by atoms with Crippen LogP contribution in [0.15, 0.2) is 11.3 Å². The molecule has 1 fully saturated rings. The van der Waals surface area contributed by atoms with E-state index in [2.05, 4.69) is 19.9 Å². The van der Waals surface area contributed by atoms with E-state index >= 15 is 0 Å². The minimum atomic E-state index is -0.357. The molecule has 1 heterocycles. The summed E-state index contributed by atoms with van der Waals surface area (Å²) in [7, 11) is -0.357. The average Bonchev–Trinajstić information content (AvgIpc) is 2.56. The molecule has 0 aromatic rings. The van der Waals surface area contributed by atoms with Crippen LogP contribution in [0, 0.1) is 0 Å². The molecule has 0 aromatic heterocycles. The van der Waals surface area contributed by atoms with Crippen molar-refractivity contribution in [2.24, 2.45) is 0 Å². The predicted molar refractivity (Wildman–Crippen MR) is 59.3 cm³/mol. The standard InChI is InChI=1S/C11H22Si/c1-3-4-5-8-11(2)12-9-6-7-10-12/h8,12H,3-7,9-10H2,1-2H3. The molecule has 0 aromatic carbocycles. The molecular weight excluding hydrogens is 160 g/mol. The molecule has 1 heteroatoms. The Hall–Kier alpha value is -0.0431. The molecule has 1 aliphatic heterocycles. The number of allylic oxidation sites excluding steroid dienone is 2. The van der Waals surface area contributed by atoms with Crippen molar-refractivity contribution in [3.8, 4) is 0 Å². The van der Waals surface area contributed by atoms with Gasteiger partial charge in [-0.05, 0) is 13.3 Å². The monoisotopic (exact) mass is 182 g/mol. The van der Waals surface area contributed by atoms with Crippen LogP contribution in [0.4, 0.5) is 0 Å². The third kappa shape index (κ3) is 3.14. The summed E-state index contributed by atoms with van der Waals surface area (Å²) in [5.74, 6) is 0. The van der Waals surface area contributed by atoms with E-state index in [0.29, 0.717) is 0 Å². The van der Waals surface area contributed by atoms with Gasteiger partial charge in [-0.3, -0.25) is 0 Å². The highest BCUT2D eigenvalue weighted by Gasteiger charge is 2.17. The maximum atomic E-state index is 2.53. The molecule has 0 bridgehead atoms. The van der Waals surface area contributed by atoms with Crippen molar-refractivity contribution in [3.63, 3.8) is 0 Å². The van der Waals surface area contributed by atoms with Gasteiger partial charge in [-0.25, -0.2) is 0 Å². The van der Waals surface area contributed by atoms with Crippen molar-refractivity contribution in [1.82, 2.24) is 0 Å². The van der Waals surface area contributed by atoms with E-state index in [4.69, 9.17) is 0 Å². The molecule has 0 nitrogen and oxygen atoms in total. The van der Waals surface area contributed by atoms with Crippen molar-refractivity contribution < 1.29 is 0 Å². The van der Waals surface area contributed by atoms with Crippen molar-refractivity contribution >= 4 is 8.80 Å². The maximum absolute atomic E-state index is 2.53. The Labute approximate surface area is 78.7 Å². The molecule has 1 aliphatic rings. The molecular formula is C11H22Si. The highest BCUT2D eigenvalue weighted by Crippen LogP contribution is 2.24. The Balaban J connectivity index is 2.24. The van der Waals surface area contributed by atoms with Crippen LogP contribution < -0.4 is 0 Å². The van der Waals surface area contributed by atoms with Crippen LogP contribution in [0.25, 0.3) is 0 Å². The Morgan fingerprint density at radius 1 is 1.33 bits per heavy atom. The minimum Gasteiger partial charge on any atom is -0.0910 e. The summed E-state index contributed by atoms with van der Waals surface area (Å²) >= 11 is 0. The lowest BCUT2D eigenvalue weighted by Gasteiger charge is -2.07. The van der Waals surface area contributed by atoms with Gasteiger partial charge in [-0.2, -0.15) is 0 Å². The zero-order chi connectivity index (χ0) is 8.81. The third-order valence-electron chi connectivity index (χ3n) is 3.02. The number of hydrogen-bond acceptors (Lipinski definition) is 0. The molecule has 0 aliphatic carbocycles. The van der Waals surface area contributed by atoms with Crippen molar-refractivity contribution in [3.05, 3.63) is 11.3 Å². The molecule has 1 rings (SSSR count). The van der Waals surface area contributed by atoms with E-state index in [1.54, 1.807) is 17.3 Å². The molecule has 0 spiro atoms. The second kappa shape index (κ2) is 5.58. The van der Waals surface area contributed by atoms with Gasteiger partial charge in [0.15, 0.2) is 0 Å². The third-order valence-corrected chi connectivity index (χ3v) is 6.76. The van der Waals surface area contributed by atoms with Gasteiger partial charge in [-0.1, -0.05) is 56.0 Å². The van der Waals surface area contributed by atoms with E-state index in [1.807, 2.05) is 0 Å². The highest BCUT2D eigenvalue weighted by molar-refractivity contribution is 6.67. The predicted octanol–water partition coefficient (Wildman–Crippen LogP) is 3.68. The second-order valence-corrected chi connectivity index (χ2v) is 7.53. The molecule has 0 radical (unpaired) electrons. The van der Waals surface area contributed by atoms with Crippen LogP contribution in [0.2, 0.25) is 12.1 Å². The van der Waals surface area contributed by atoms with Crippen LogP contribution in [0.3, 0.4) is 0 Å². The van der Waals surface area contributed by atoms with Gasteiger partial charge in [0.1, 0.15) is 0 Å². The van der Waals surface area contributed by atoms with Gasteiger partial charge in [0.05, 0.1) is 8.80 Å². The summed E-state index contributed by atoms with van der Waals surface area (Å²) in [6.07, 6.45) is 9.65. The lowest BCUT2D eigenvalue weighted by Crippen LogP contribution is -2.07. The van der Waals surface area contributed by atoms with Gasteiger partial charge in [-0.15, -0.1) is 0 Å². The van der Waals surface area contributed by atoms with Crippen molar-refractivity contribution in [1.29, 1.82) is 0 Å². The van der Waals surface area contributed by atoms with E-state index in [9.17, 15) is 0 Å². The van der Waals surface area contributed by atoms with Gasteiger partial charge >= 0.3 is 0 Å². The fraction of sp³-hybridized carbons (Fsp3) is 0.818. The quantitative estimate of drug-likeness (QED) is 0.459. The van der Waals surface area contributed by atoms with E-state index in [0.717, 1.165) is 0 Å². The topological polar surface area (TPSA) is 0 Å². The molecule has 0 saturated carbocycles. The van der Waals surface area contributed by atoms with E-state index < -0.39 is 0 Å². The SMILES string of the molecule is CCCCC=C(C)[SiH]1CCCC1. The first-order valence-electron chi connectivity index (χ1n) is 5.51. The summed E-state index contributed by atoms with van der Waals surface area (Å²) in [4.78, 5) is 0. The number of hydrogen-bond donors (Lipinski definition) is 0. The first-order valence-corrected chi connectivity index (χ1v) is 7.72. The fourth-order valence-corrected chi connectivity index (χ4v) is 5.34. The van der Waals surface area contributed by atoms with Crippen LogP contribution in [-0.2, 0) is 0 Å². The summed E-state index contributed by atoms with van der Waals surface area (Å²) in [5.41, 5.74) is 0. The van der Waals surface area contributed by atoms with Gasteiger partial charge in [0.25, 0.3) is 0 Å². The molecule has 1 saturated heterocycles. The first kappa shape index (κ1) is 10.0. The Morgan fingerprint density at radius 3 is 2.58 bits per heavy atom. The van der Waals surface area contributed by atoms with Crippen LogP contribution >= 0.6 is 0 Å². The number of unbranched alkanes of at least 4 members (excludes halogenated alkanes) is 2. The first-order chi connectivity index (χ1) is 5.84. The van der Waals surface area contributed by atoms with Crippen molar-refractivity contribution in [2.75, 3.05) is 0 Å². The average molecular weight is 182 g/mol. The van der Waals surface area contributed by atoms with Crippen LogP contribution in [0.5, 0.6) is 0 Å². The summed E-state index contributed by atoms with van der Waals surface area (Å²) in [5, 5.41) is 1.81. The lowest BCUT2D eigenvalue weighted by molar-refractivity contribution is 0.813. The van der Waals surface area contributed by atoms with Crippen molar-refractivity contribution in [2.45, 2.75) is 58.0 Å². The Bertz CT molecular complexity index is 143. The number of rotatable bonds is 4. The van der Waals surface area contributed by atoms with Gasteiger partial charge < -0.3 is 0 Å². The minimum absolute atomic E-state index is 0.357. The van der Waals surface area contributed by atoms with E-state index in [1.165, 1.54) is 32.1 Å². The van der Waals surface area contributed by atoms with E-state index in [-0.39, 0.29) is 8.80 Å². The largest absolute Gasteiger partial charge is 0.0910 e. The molecule has 12 heavy (non-hydrogen) atoms. The second-order valence-electron chi connectivity index (χ2n) is 4.07. The zero-order valence-corrected chi connectivity index (χ0v) is 9.76. The summed E-state index contributed by atoms with van der Waals surface area (Å²) < 4.78 is 0. The smallest absolute Gasteiger partial charge is 0.0648 e. The molecule has 0 unspecified atom stereocenters.